The number of esters is 1. The number of hydrogen-bond donors (Lipinski definition) is 0. The highest BCUT2D eigenvalue weighted by Crippen LogP contribution is 2.25. The third kappa shape index (κ3) is 2.22. The summed E-state index contributed by atoms with van der Waals surface area (Å²) in [6, 6.07) is 6.05. The van der Waals surface area contributed by atoms with E-state index in [-0.39, 0.29) is 11.8 Å². The molecule has 86 valence electrons. The molecule has 0 amide bonds. The number of carbonyl (C=O) groups excluding carboxylic acids is 1. The molecule has 0 saturated carbocycles. The fourth-order valence-corrected chi connectivity index (χ4v) is 1.56. The van der Waals surface area contributed by atoms with E-state index >= 15 is 0 Å². The first kappa shape index (κ1) is 11.1. The van der Waals surface area contributed by atoms with Gasteiger partial charge in [-0.25, -0.2) is 9.18 Å². The second kappa shape index (κ2) is 3.87. The van der Waals surface area contributed by atoms with Gasteiger partial charge in [-0.1, -0.05) is 12.1 Å². The first-order valence-electron chi connectivity index (χ1n) is 5.11. The van der Waals surface area contributed by atoms with Crippen molar-refractivity contribution in [2.75, 3.05) is 0 Å². The zero-order valence-corrected chi connectivity index (χ0v) is 9.20. The van der Waals surface area contributed by atoms with E-state index in [1.807, 2.05) is 0 Å². The number of cyclic esters (lactones) is 1. The summed E-state index contributed by atoms with van der Waals surface area (Å²) in [5.41, 5.74) is -0.0121. The van der Waals surface area contributed by atoms with Crippen molar-refractivity contribution in [1.82, 2.24) is 0 Å². The Morgan fingerprint density at radius 3 is 2.44 bits per heavy atom. The first-order chi connectivity index (χ1) is 7.47. The molecule has 3 nitrogen and oxygen atoms in total. The van der Waals surface area contributed by atoms with Crippen LogP contribution in [0.1, 0.15) is 19.4 Å². The minimum absolute atomic E-state index is 0.284. The fraction of sp³-hybridized carbons (Fsp3) is 0.417. The van der Waals surface area contributed by atoms with Crippen LogP contribution in [0.15, 0.2) is 24.3 Å². The van der Waals surface area contributed by atoms with Crippen LogP contribution in [0, 0.1) is 5.82 Å². The average Bonchev–Trinajstić information content (AvgIpc) is 2.44. The number of rotatable bonds is 2. The zero-order valence-electron chi connectivity index (χ0n) is 9.20. The van der Waals surface area contributed by atoms with Crippen molar-refractivity contribution >= 4 is 5.97 Å². The van der Waals surface area contributed by atoms with Gasteiger partial charge in [-0.2, -0.15) is 0 Å². The highest BCUT2D eigenvalue weighted by Gasteiger charge is 2.42. The maximum absolute atomic E-state index is 12.7. The number of carbonyl (C=O) groups is 1. The van der Waals surface area contributed by atoms with E-state index in [2.05, 4.69) is 0 Å². The van der Waals surface area contributed by atoms with Gasteiger partial charge in [0.05, 0.1) is 0 Å². The lowest BCUT2D eigenvalue weighted by Crippen LogP contribution is -2.27. The summed E-state index contributed by atoms with van der Waals surface area (Å²) in [6.07, 6.45) is -0.136. The Balaban J connectivity index is 2.02. The molecule has 1 saturated heterocycles. The molecule has 16 heavy (non-hydrogen) atoms. The Hall–Kier alpha value is -1.42. The second-order valence-corrected chi connectivity index (χ2v) is 4.29. The summed E-state index contributed by atoms with van der Waals surface area (Å²) in [4.78, 5) is 11.3. The van der Waals surface area contributed by atoms with Gasteiger partial charge in [0.2, 0.25) is 6.29 Å². The van der Waals surface area contributed by atoms with Crippen LogP contribution in [-0.4, -0.2) is 17.9 Å². The quantitative estimate of drug-likeness (QED) is 0.721. The van der Waals surface area contributed by atoms with E-state index in [0.29, 0.717) is 6.42 Å². The van der Waals surface area contributed by atoms with Crippen molar-refractivity contribution in [3.8, 4) is 0 Å². The van der Waals surface area contributed by atoms with Crippen LogP contribution < -0.4 is 0 Å². The van der Waals surface area contributed by atoms with Crippen molar-refractivity contribution in [1.29, 1.82) is 0 Å². The number of ether oxygens (including phenoxy) is 2. The smallest absolute Gasteiger partial charge is 0.340 e. The van der Waals surface area contributed by atoms with Crippen molar-refractivity contribution in [2.45, 2.75) is 32.2 Å². The standard InChI is InChI=1S/C12H13FO3/c1-12(2)11(14)15-10(16-12)7-8-3-5-9(13)6-4-8/h3-6,10H,7H2,1-2H3. The number of hydrogen-bond acceptors (Lipinski definition) is 3. The van der Waals surface area contributed by atoms with Crippen LogP contribution in [-0.2, 0) is 20.7 Å². The average molecular weight is 224 g/mol. The van der Waals surface area contributed by atoms with Crippen molar-refractivity contribution in [2.24, 2.45) is 0 Å². The zero-order chi connectivity index (χ0) is 11.8. The Morgan fingerprint density at radius 2 is 1.94 bits per heavy atom. The van der Waals surface area contributed by atoms with Crippen LogP contribution in [0.2, 0.25) is 0 Å². The van der Waals surface area contributed by atoms with Crippen molar-refractivity contribution in [3.05, 3.63) is 35.6 Å². The van der Waals surface area contributed by atoms with Crippen LogP contribution in [0.5, 0.6) is 0 Å². The van der Waals surface area contributed by atoms with Crippen molar-refractivity contribution in [3.63, 3.8) is 0 Å². The van der Waals surface area contributed by atoms with Gasteiger partial charge in [-0.05, 0) is 31.5 Å². The molecule has 1 fully saturated rings. The van der Waals surface area contributed by atoms with Crippen LogP contribution >= 0.6 is 0 Å². The van der Waals surface area contributed by atoms with E-state index in [4.69, 9.17) is 9.47 Å². The second-order valence-electron chi connectivity index (χ2n) is 4.29. The molecule has 0 aliphatic carbocycles. The van der Waals surface area contributed by atoms with Gasteiger partial charge >= 0.3 is 5.97 Å². The van der Waals surface area contributed by atoms with E-state index in [9.17, 15) is 9.18 Å². The lowest BCUT2D eigenvalue weighted by atomic mass is 10.1. The predicted octanol–water partition coefficient (Wildman–Crippen LogP) is 2.05. The van der Waals surface area contributed by atoms with Gasteiger partial charge in [0, 0.05) is 6.42 Å². The summed E-state index contributed by atoms with van der Waals surface area (Å²) in [5.74, 6) is -0.645. The van der Waals surface area contributed by atoms with Crippen LogP contribution in [0.4, 0.5) is 4.39 Å². The Kier molecular flexibility index (Phi) is 2.68. The molecule has 0 bridgehead atoms. The van der Waals surface area contributed by atoms with E-state index in [1.165, 1.54) is 12.1 Å². The Bertz CT molecular complexity index is 397. The molecule has 0 spiro atoms. The molecule has 0 aromatic heterocycles. The maximum atomic E-state index is 12.7. The lowest BCUT2D eigenvalue weighted by Gasteiger charge is -2.12. The molecular weight excluding hydrogens is 211 g/mol. The van der Waals surface area contributed by atoms with Crippen molar-refractivity contribution < 1.29 is 18.7 Å². The monoisotopic (exact) mass is 224 g/mol. The molecule has 0 N–H and O–H groups in total. The molecule has 1 atom stereocenters. The maximum Gasteiger partial charge on any atom is 0.340 e. The summed E-state index contributed by atoms with van der Waals surface area (Å²) in [5, 5.41) is 0. The van der Waals surface area contributed by atoms with Gasteiger partial charge < -0.3 is 9.47 Å². The predicted molar refractivity (Wildman–Crippen MR) is 55.1 cm³/mol. The van der Waals surface area contributed by atoms with Gasteiger partial charge in [0.25, 0.3) is 0 Å². The molecule has 4 heteroatoms. The molecular formula is C12H13FO3. The highest BCUT2D eigenvalue weighted by molar-refractivity contribution is 5.80. The van der Waals surface area contributed by atoms with E-state index in [1.54, 1.807) is 26.0 Å². The summed E-state index contributed by atoms with van der Waals surface area (Å²) in [7, 11) is 0. The minimum Gasteiger partial charge on any atom is -0.433 e. The van der Waals surface area contributed by atoms with Gasteiger partial charge in [-0.15, -0.1) is 0 Å². The first-order valence-corrected chi connectivity index (χ1v) is 5.11. The van der Waals surface area contributed by atoms with Gasteiger partial charge in [0.1, 0.15) is 5.82 Å². The number of halogens is 1. The molecule has 1 aliphatic rings. The Morgan fingerprint density at radius 1 is 1.31 bits per heavy atom. The fourth-order valence-electron chi connectivity index (χ4n) is 1.56. The molecule has 2 rings (SSSR count). The molecule has 1 heterocycles. The third-order valence-corrected chi connectivity index (χ3v) is 2.47. The normalized spacial score (nSPS) is 23.2. The summed E-state index contributed by atoms with van der Waals surface area (Å²) in [6.45, 7) is 3.33. The molecule has 1 aromatic carbocycles. The Labute approximate surface area is 93.2 Å². The highest BCUT2D eigenvalue weighted by atomic mass is 19.1. The lowest BCUT2D eigenvalue weighted by molar-refractivity contribution is -0.144. The SMILES string of the molecule is CC1(C)OC(Cc2ccc(F)cc2)OC1=O. The third-order valence-electron chi connectivity index (χ3n) is 2.47. The van der Waals surface area contributed by atoms with Gasteiger partial charge in [-0.3, -0.25) is 0 Å². The van der Waals surface area contributed by atoms with Crippen LogP contribution in [0.3, 0.4) is 0 Å². The topological polar surface area (TPSA) is 35.5 Å². The molecule has 1 aliphatic heterocycles. The molecule has 0 radical (unpaired) electrons. The van der Waals surface area contributed by atoms with Crippen LogP contribution in [0.25, 0.3) is 0 Å². The largest absolute Gasteiger partial charge is 0.433 e. The number of benzene rings is 1. The molecule has 1 aromatic rings. The van der Waals surface area contributed by atoms with E-state index < -0.39 is 11.9 Å². The summed E-state index contributed by atoms with van der Waals surface area (Å²) < 4.78 is 23.2. The van der Waals surface area contributed by atoms with Gasteiger partial charge in [0.15, 0.2) is 5.60 Å². The molecule has 1 unspecified atom stereocenters. The van der Waals surface area contributed by atoms with E-state index in [0.717, 1.165) is 5.56 Å². The minimum atomic E-state index is -0.884. The summed E-state index contributed by atoms with van der Waals surface area (Å²) >= 11 is 0.